The van der Waals surface area contributed by atoms with E-state index in [1.165, 1.54) is 6.07 Å². The van der Waals surface area contributed by atoms with Crippen LogP contribution >= 0.6 is 0 Å². The van der Waals surface area contributed by atoms with Gasteiger partial charge in [0.05, 0.1) is 17.1 Å². The van der Waals surface area contributed by atoms with Gasteiger partial charge in [0.25, 0.3) is 0 Å². The molecule has 0 aromatic heterocycles. The van der Waals surface area contributed by atoms with Crippen molar-refractivity contribution in [1.29, 1.82) is 0 Å². The van der Waals surface area contributed by atoms with Gasteiger partial charge in [-0.05, 0) is 24.6 Å². The third-order valence-corrected chi connectivity index (χ3v) is 3.89. The van der Waals surface area contributed by atoms with Crippen molar-refractivity contribution in [3.63, 3.8) is 0 Å². The van der Waals surface area contributed by atoms with E-state index >= 15 is 0 Å². The zero-order valence-corrected chi connectivity index (χ0v) is 10.8. The van der Waals surface area contributed by atoms with E-state index < -0.39 is 27.3 Å². The van der Waals surface area contributed by atoms with E-state index in [0.29, 0.717) is 6.42 Å². The Balaban J connectivity index is 2.74. The third-order valence-electron chi connectivity index (χ3n) is 2.16. The van der Waals surface area contributed by atoms with E-state index in [1.54, 1.807) is 6.92 Å². The molecule has 0 fully saturated rings. The molecule has 5 nitrogen and oxygen atoms in total. The minimum absolute atomic E-state index is 0.0565. The predicted octanol–water partition coefficient (Wildman–Crippen LogP) is 1.17. The maximum Gasteiger partial charge on any atom is 0.239 e. The SMILES string of the molecule is CCCS(=O)(=O)CC(=O)Nc1cc(F)ccc1N. The molecule has 0 aliphatic rings. The molecule has 18 heavy (non-hydrogen) atoms. The van der Waals surface area contributed by atoms with Crippen LogP contribution in [0.1, 0.15) is 13.3 Å². The van der Waals surface area contributed by atoms with Crippen LogP contribution in [0.3, 0.4) is 0 Å². The van der Waals surface area contributed by atoms with Crippen LogP contribution < -0.4 is 11.1 Å². The Kier molecular flexibility index (Phi) is 4.66. The summed E-state index contributed by atoms with van der Waals surface area (Å²) in [7, 11) is -3.42. The number of carbonyl (C=O) groups excluding carboxylic acids is 1. The number of hydrogen-bond donors (Lipinski definition) is 2. The Morgan fingerprint density at radius 1 is 1.44 bits per heavy atom. The van der Waals surface area contributed by atoms with Gasteiger partial charge in [0.1, 0.15) is 11.6 Å². The lowest BCUT2D eigenvalue weighted by Crippen LogP contribution is -2.25. The minimum atomic E-state index is -3.42. The van der Waals surface area contributed by atoms with Gasteiger partial charge in [-0.15, -0.1) is 0 Å². The van der Waals surface area contributed by atoms with Gasteiger partial charge in [-0.25, -0.2) is 12.8 Å². The number of anilines is 2. The summed E-state index contributed by atoms with van der Waals surface area (Å²) in [6.45, 7) is 1.71. The van der Waals surface area contributed by atoms with Crippen molar-refractivity contribution >= 4 is 27.1 Å². The molecule has 100 valence electrons. The van der Waals surface area contributed by atoms with Gasteiger partial charge in [-0.1, -0.05) is 6.92 Å². The normalized spacial score (nSPS) is 11.2. The molecule has 1 aromatic carbocycles. The first kappa shape index (κ1) is 14.4. The number of nitrogen functional groups attached to an aromatic ring is 1. The number of amides is 1. The molecule has 0 atom stereocenters. The highest BCUT2D eigenvalue weighted by atomic mass is 32.2. The summed E-state index contributed by atoms with van der Waals surface area (Å²) in [6.07, 6.45) is 0.442. The van der Waals surface area contributed by atoms with Gasteiger partial charge >= 0.3 is 0 Å². The van der Waals surface area contributed by atoms with Gasteiger partial charge in [0.2, 0.25) is 5.91 Å². The van der Waals surface area contributed by atoms with Gasteiger partial charge in [-0.3, -0.25) is 4.79 Å². The fourth-order valence-corrected chi connectivity index (χ4v) is 2.64. The summed E-state index contributed by atoms with van der Waals surface area (Å²) in [5.41, 5.74) is 5.78. The fourth-order valence-electron chi connectivity index (χ4n) is 1.41. The van der Waals surface area contributed by atoms with E-state index in [2.05, 4.69) is 5.32 Å². The van der Waals surface area contributed by atoms with Crippen LogP contribution in [0.4, 0.5) is 15.8 Å². The first-order chi connectivity index (χ1) is 8.34. The van der Waals surface area contributed by atoms with Crippen LogP contribution in [0.5, 0.6) is 0 Å². The van der Waals surface area contributed by atoms with Crippen molar-refractivity contribution in [1.82, 2.24) is 0 Å². The number of sulfone groups is 1. The molecule has 0 saturated heterocycles. The highest BCUT2D eigenvalue weighted by molar-refractivity contribution is 7.92. The highest BCUT2D eigenvalue weighted by Gasteiger charge is 2.16. The molecule has 1 rings (SSSR count). The molecular weight excluding hydrogens is 259 g/mol. The number of hydrogen-bond acceptors (Lipinski definition) is 4. The zero-order valence-electron chi connectivity index (χ0n) is 9.94. The Hall–Kier alpha value is -1.63. The van der Waals surface area contributed by atoms with Crippen molar-refractivity contribution in [2.24, 2.45) is 0 Å². The lowest BCUT2D eigenvalue weighted by molar-refractivity contribution is -0.113. The lowest BCUT2D eigenvalue weighted by atomic mass is 10.2. The second kappa shape index (κ2) is 5.81. The molecule has 0 unspecified atom stereocenters. The third kappa shape index (κ3) is 4.33. The van der Waals surface area contributed by atoms with Crippen LogP contribution in [0.15, 0.2) is 18.2 Å². The molecule has 1 amide bonds. The summed E-state index contributed by atoms with van der Waals surface area (Å²) < 4.78 is 35.8. The first-order valence-electron chi connectivity index (χ1n) is 5.39. The van der Waals surface area contributed by atoms with E-state index in [-0.39, 0.29) is 17.1 Å². The first-order valence-corrected chi connectivity index (χ1v) is 7.21. The van der Waals surface area contributed by atoms with Gasteiger partial charge < -0.3 is 11.1 Å². The average molecular weight is 274 g/mol. The van der Waals surface area contributed by atoms with Crippen LogP contribution in [-0.4, -0.2) is 25.8 Å². The topological polar surface area (TPSA) is 89.3 Å². The van der Waals surface area contributed by atoms with E-state index in [1.807, 2.05) is 0 Å². The predicted molar refractivity (Wildman–Crippen MR) is 68.4 cm³/mol. The largest absolute Gasteiger partial charge is 0.397 e. The molecule has 7 heteroatoms. The average Bonchev–Trinajstić information content (AvgIpc) is 2.22. The number of halogens is 1. The second-order valence-corrected chi connectivity index (χ2v) is 6.06. The number of nitrogens with one attached hydrogen (secondary N) is 1. The maximum absolute atomic E-state index is 12.9. The van der Waals surface area contributed by atoms with Crippen LogP contribution in [-0.2, 0) is 14.6 Å². The molecule has 0 saturated carbocycles. The maximum atomic E-state index is 12.9. The standard InChI is InChI=1S/C11H15FN2O3S/c1-2-5-18(16,17)7-11(15)14-10-6-8(12)3-4-9(10)13/h3-4,6H,2,5,7,13H2,1H3,(H,14,15). The summed E-state index contributed by atoms with van der Waals surface area (Å²) in [5, 5.41) is 2.28. The summed E-state index contributed by atoms with van der Waals surface area (Å²) in [6, 6.07) is 3.49. The molecule has 0 spiro atoms. The number of benzene rings is 1. The van der Waals surface area contributed by atoms with E-state index in [4.69, 9.17) is 5.73 Å². The smallest absolute Gasteiger partial charge is 0.239 e. The Morgan fingerprint density at radius 2 is 2.11 bits per heavy atom. The molecule has 3 N–H and O–H groups in total. The van der Waals surface area contributed by atoms with Crippen LogP contribution in [0, 0.1) is 5.82 Å². The highest BCUT2D eigenvalue weighted by Crippen LogP contribution is 2.19. The molecular formula is C11H15FN2O3S. The number of rotatable bonds is 5. The Labute approximate surface area is 105 Å². The minimum Gasteiger partial charge on any atom is -0.397 e. The molecule has 0 heterocycles. The summed E-state index contributed by atoms with van der Waals surface area (Å²) in [5.74, 6) is -1.97. The number of nitrogens with two attached hydrogens (primary N) is 1. The summed E-state index contributed by atoms with van der Waals surface area (Å²) in [4.78, 5) is 11.5. The molecule has 1 aromatic rings. The molecule has 0 bridgehead atoms. The van der Waals surface area contributed by atoms with Crippen molar-refractivity contribution in [2.75, 3.05) is 22.6 Å². The fraction of sp³-hybridized carbons (Fsp3) is 0.364. The van der Waals surface area contributed by atoms with E-state index in [0.717, 1.165) is 12.1 Å². The van der Waals surface area contributed by atoms with Gasteiger partial charge in [-0.2, -0.15) is 0 Å². The van der Waals surface area contributed by atoms with Crippen molar-refractivity contribution < 1.29 is 17.6 Å². The Morgan fingerprint density at radius 3 is 2.72 bits per heavy atom. The van der Waals surface area contributed by atoms with Gasteiger partial charge in [0.15, 0.2) is 9.84 Å². The molecule has 0 radical (unpaired) electrons. The zero-order chi connectivity index (χ0) is 13.8. The van der Waals surface area contributed by atoms with Crippen molar-refractivity contribution in [3.05, 3.63) is 24.0 Å². The van der Waals surface area contributed by atoms with Crippen LogP contribution in [0.25, 0.3) is 0 Å². The quantitative estimate of drug-likeness (QED) is 0.789. The summed E-state index contributed by atoms with van der Waals surface area (Å²) >= 11 is 0. The van der Waals surface area contributed by atoms with Gasteiger partial charge in [0, 0.05) is 0 Å². The van der Waals surface area contributed by atoms with E-state index in [9.17, 15) is 17.6 Å². The van der Waals surface area contributed by atoms with Crippen molar-refractivity contribution in [2.45, 2.75) is 13.3 Å². The molecule has 0 aliphatic carbocycles. The monoisotopic (exact) mass is 274 g/mol. The van der Waals surface area contributed by atoms with Crippen LogP contribution in [0.2, 0.25) is 0 Å². The Bertz CT molecular complexity index is 543. The van der Waals surface area contributed by atoms with Crippen molar-refractivity contribution in [3.8, 4) is 0 Å². The number of carbonyl (C=O) groups is 1. The second-order valence-electron chi connectivity index (χ2n) is 3.87. The lowest BCUT2D eigenvalue weighted by Gasteiger charge is -2.08. The molecule has 0 aliphatic heterocycles.